The summed E-state index contributed by atoms with van der Waals surface area (Å²) in [4.78, 5) is 0. The number of hydrogen-bond donors (Lipinski definition) is 0. The first-order valence-electron chi connectivity index (χ1n) is 0.756. The van der Waals surface area contributed by atoms with Gasteiger partial charge < -0.3 is 0 Å². The zero-order valence-corrected chi connectivity index (χ0v) is 6.04. The number of halogens is 4. The van der Waals surface area contributed by atoms with Crippen LogP contribution in [0, 0.1) is 0 Å². The Morgan fingerprint density at radius 1 is 0.556 bits per heavy atom. The molecule has 0 nitrogen and oxygen atoms in total. The van der Waals surface area contributed by atoms with Gasteiger partial charge in [-0.2, -0.15) is 0 Å². The summed E-state index contributed by atoms with van der Waals surface area (Å²) in [7, 11) is 0. The molecule has 0 N–H and O–H groups in total. The Morgan fingerprint density at radius 2 is 0.556 bits per heavy atom. The fraction of sp³-hybridized carbons (Fsp3) is 1.00. The Balaban J connectivity index is -0.0000000133. The van der Waals surface area contributed by atoms with E-state index in [2.05, 4.69) is 0 Å². The molecule has 0 atom stereocenters. The van der Waals surface area contributed by atoms with Crippen molar-refractivity contribution in [2.75, 3.05) is 0 Å². The lowest BCUT2D eigenvalue weighted by atomic mass is 12.0. The molecule has 0 aliphatic heterocycles. The maximum Gasteiger partial charge on any atom is 0.440 e. The van der Waals surface area contributed by atoms with Gasteiger partial charge in [-0.1, -0.05) is 29.7 Å². The molecule has 9 heavy (non-hydrogen) atoms. The van der Waals surface area contributed by atoms with Crippen molar-refractivity contribution in [3.8, 4) is 0 Å². The highest BCUT2D eigenvalue weighted by Gasteiger charge is 2.19. The Morgan fingerprint density at radius 3 is 0.556 bits per heavy atom. The van der Waals surface area contributed by atoms with Crippen LogP contribution in [0.15, 0.2) is 0 Å². The molecular formula is C4H16Cl4Si. The van der Waals surface area contributed by atoms with Gasteiger partial charge in [-0.3, -0.25) is 0 Å². The van der Waals surface area contributed by atoms with Gasteiger partial charge in [0, 0.05) is 0 Å². The average molecular weight is 234 g/mol. The molecule has 0 saturated carbocycles. The van der Waals surface area contributed by atoms with Crippen molar-refractivity contribution in [2.45, 2.75) is 29.7 Å². The Labute approximate surface area is 79.3 Å². The van der Waals surface area contributed by atoms with Gasteiger partial charge in [-0.25, -0.2) is 0 Å². The number of hydrogen-bond acceptors (Lipinski definition) is 0. The van der Waals surface area contributed by atoms with E-state index >= 15 is 0 Å². The second-order valence-corrected chi connectivity index (χ2v) is 11.6. The fourth-order valence-corrected chi connectivity index (χ4v) is 0. The summed E-state index contributed by atoms with van der Waals surface area (Å²) < 4.78 is 0. The second-order valence-electron chi connectivity index (χ2n) is 0.429. The highest BCUT2D eigenvalue weighted by molar-refractivity contribution is 7.81. The molecule has 0 amide bonds. The Kier molecular flexibility index (Phi) is 42.4. The summed E-state index contributed by atoms with van der Waals surface area (Å²) in [6.45, 7) is 0. The lowest BCUT2D eigenvalue weighted by Gasteiger charge is -1.85. The SMILES string of the molecule is C.C.C.C.Cl[Si](Cl)(Cl)Cl. The third kappa shape index (κ3) is 269. The molecule has 0 heterocycles. The monoisotopic (exact) mass is 232 g/mol. The van der Waals surface area contributed by atoms with Gasteiger partial charge in [-0.15, -0.1) is 44.3 Å². The quantitative estimate of drug-likeness (QED) is 0.412. The van der Waals surface area contributed by atoms with E-state index in [1.165, 1.54) is 0 Å². The van der Waals surface area contributed by atoms with Crippen molar-refractivity contribution >= 4 is 49.6 Å². The summed E-state index contributed by atoms with van der Waals surface area (Å²) in [5.74, 6) is 0. The first kappa shape index (κ1) is 31.6. The molecule has 0 spiro atoms. The van der Waals surface area contributed by atoms with Crippen LogP contribution >= 0.6 is 44.3 Å². The van der Waals surface area contributed by atoms with Crippen molar-refractivity contribution in [3.05, 3.63) is 0 Å². The molecular weight excluding hydrogens is 218 g/mol. The standard InChI is InChI=1S/4CH4.Cl4Si/c;;;;1-5(2,3)4/h4*1H4;. The van der Waals surface area contributed by atoms with Crippen LogP contribution in [0.25, 0.3) is 0 Å². The normalized spacial score (nSPS) is 6.67. The second kappa shape index (κ2) is 12.1. The Hall–Kier alpha value is 1.38. The average Bonchev–Trinajstić information content (AvgIpc) is 0.722. The predicted octanol–water partition coefficient (Wildman–Crippen LogP) is 4.92. The molecule has 0 aliphatic carbocycles. The highest BCUT2D eigenvalue weighted by Crippen LogP contribution is 2.23. The smallest absolute Gasteiger partial charge is 0.110 e. The summed E-state index contributed by atoms with van der Waals surface area (Å²) in [6, 6.07) is 0. The first-order chi connectivity index (χ1) is 2.00. The van der Waals surface area contributed by atoms with E-state index in [1.54, 1.807) is 0 Å². The van der Waals surface area contributed by atoms with Crippen LogP contribution in [0.1, 0.15) is 29.7 Å². The maximum atomic E-state index is 4.97. The molecule has 0 aliphatic rings. The maximum absolute atomic E-state index is 4.97. The minimum absolute atomic E-state index is 0. The van der Waals surface area contributed by atoms with Crippen molar-refractivity contribution in [1.29, 1.82) is 0 Å². The molecule has 0 aromatic heterocycles. The Bertz CT molecular complexity index is 28.0. The van der Waals surface area contributed by atoms with Crippen LogP contribution in [-0.2, 0) is 0 Å². The van der Waals surface area contributed by atoms with Crippen molar-refractivity contribution in [2.24, 2.45) is 0 Å². The largest absolute Gasteiger partial charge is 0.440 e. The summed E-state index contributed by atoms with van der Waals surface area (Å²) in [5, 5.41) is -2.72. The van der Waals surface area contributed by atoms with E-state index in [4.69, 9.17) is 44.3 Å². The highest BCUT2D eigenvalue weighted by atomic mass is 36.0. The van der Waals surface area contributed by atoms with Gasteiger partial charge in [0.25, 0.3) is 0 Å². The van der Waals surface area contributed by atoms with E-state index in [9.17, 15) is 0 Å². The fourth-order valence-electron chi connectivity index (χ4n) is 0. The summed E-state index contributed by atoms with van der Waals surface area (Å²) in [5.41, 5.74) is 0. The van der Waals surface area contributed by atoms with E-state index in [0.29, 0.717) is 0 Å². The zero-order valence-electron chi connectivity index (χ0n) is 2.01. The minimum atomic E-state index is -2.72. The van der Waals surface area contributed by atoms with Crippen LogP contribution in [-0.4, -0.2) is 5.31 Å². The van der Waals surface area contributed by atoms with E-state index < -0.39 is 5.31 Å². The van der Waals surface area contributed by atoms with Crippen LogP contribution in [0.4, 0.5) is 0 Å². The zero-order chi connectivity index (χ0) is 4.50. The van der Waals surface area contributed by atoms with Crippen molar-refractivity contribution in [3.63, 3.8) is 0 Å². The van der Waals surface area contributed by atoms with Crippen LogP contribution in [0.2, 0.25) is 0 Å². The molecule has 0 rings (SSSR count). The topological polar surface area (TPSA) is 0 Å². The first-order valence-corrected chi connectivity index (χ1v) is 6.80. The molecule has 0 bridgehead atoms. The third-order valence-electron chi connectivity index (χ3n) is 0. The van der Waals surface area contributed by atoms with Crippen molar-refractivity contribution < 1.29 is 0 Å². The van der Waals surface area contributed by atoms with Gasteiger partial charge in [0.1, 0.15) is 0 Å². The molecule has 0 aromatic rings. The molecule has 0 fully saturated rings. The lowest BCUT2D eigenvalue weighted by Crippen LogP contribution is -1.91. The third-order valence-corrected chi connectivity index (χ3v) is 0. The van der Waals surface area contributed by atoms with Gasteiger partial charge in [0.05, 0.1) is 0 Å². The molecule has 64 valence electrons. The summed E-state index contributed by atoms with van der Waals surface area (Å²) in [6.07, 6.45) is 0. The lowest BCUT2D eigenvalue weighted by molar-refractivity contribution is 2.50. The minimum Gasteiger partial charge on any atom is -0.110 e. The molecule has 5 heteroatoms. The molecule has 0 radical (unpaired) electrons. The van der Waals surface area contributed by atoms with E-state index in [1.807, 2.05) is 0 Å². The number of rotatable bonds is 0. The summed E-state index contributed by atoms with van der Waals surface area (Å²) >= 11 is 19.9. The van der Waals surface area contributed by atoms with Crippen LogP contribution in [0.3, 0.4) is 0 Å². The van der Waals surface area contributed by atoms with Crippen LogP contribution in [0.5, 0.6) is 0 Å². The van der Waals surface area contributed by atoms with E-state index in [0.717, 1.165) is 0 Å². The van der Waals surface area contributed by atoms with E-state index in [-0.39, 0.29) is 29.7 Å². The van der Waals surface area contributed by atoms with Gasteiger partial charge in [0.2, 0.25) is 0 Å². The van der Waals surface area contributed by atoms with Gasteiger partial charge in [0.15, 0.2) is 0 Å². The molecule has 0 saturated heterocycles. The predicted molar refractivity (Wildman–Crippen MR) is 56.1 cm³/mol. The van der Waals surface area contributed by atoms with Gasteiger partial charge in [-0.05, 0) is 0 Å². The van der Waals surface area contributed by atoms with Crippen molar-refractivity contribution in [1.82, 2.24) is 0 Å². The van der Waals surface area contributed by atoms with Crippen LogP contribution < -0.4 is 0 Å². The molecule has 0 aromatic carbocycles. The molecule has 0 unspecified atom stereocenters. The van der Waals surface area contributed by atoms with Gasteiger partial charge >= 0.3 is 5.31 Å².